The highest BCUT2D eigenvalue weighted by Gasteiger charge is 1.81. The molecule has 0 saturated carbocycles. The van der Waals surface area contributed by atoms with E-state index in [9.17, 15) is 0 Å². The molecule has 4 nitrogen and oxygen atoms in total. The summed E-state index contributed by atoms with van der Waals surface area (Å²) in [4.78, 5) is 0. The largest absolute Gasteiger partial charge is 0.225 e. The molecule has 0 unspecified atom stereocenters. The van der Waals surface area contributed by atoms with Crippen LogP contribution in [0.15, 0.2) is 10.3 Å². The molecule has 0 rings (SSSR count). The fraction of sp³-hybridized carbons (Fsp3) is 1.00. The van der Waals surface area contributed by atoms with E-state index < -0.39 is 0 Å². The van der Waals surface area contributed by atoms with Crippen molar-refractivity contribution in [2.24, 2.45) is 10.3 Å². The van der Waals surface area contributed by atoms with Gasteiger partial charge in [0.2, 0.25) is 0 Å². The van der Waals surface area contributed by atoms with Crippen molar-refractivity contribution in [3.05, 3.63) is 0 Å². The monoisotopic (exact) mass is 116 g/mol. The highest BCUT2D eigenvalue weighted by atomic mass is 15.6. The van der Waals surface area contributed by atoms with Crippen LogP contribution >= 0.6 is 0 Å². The summed E-state index contributed by atoms with van der Waals surface area (Å²) < 4.78 is 0. The van der Waals surface area contributed by atoms with Gasteiger partial charge >= 0.3 is 0 Å². The number of hydrogen-bond donors (Lipinski definition) is 2. The normalized spacial score (nSPS) is 11.0. The summed E-state index contributed by atoms with van der Waals surface area (Å²) >= 11 is 0. The third-order valence-electron chi connectivity index (χ3n) is 0.450. The molecule has 0 saturated heterocycles. The Kier molecular flexibility index (Phi) is 4.16. The second-order valence-electron chi connectivity index (χ2n) is 1.67. The van der Waals surface area contributed by atoms with Crippen molar-refractivity contribution in [2.45, 2.75) is 19.9 Å². The van der Waals surface area contributed by atoms with Crippen LogP contribution in [-0.2, 0) is 0 Å². The SMILES string of the molecule is CNNN=NC(C)C. The van der Waals surface area contributed by atoms with E-state index in [1.165, 1.54) is 0 Å². The number of hydrazine groups is 1. The lowest BCUT2D eigenvalue weighted by atomic mass is 10.4. The van der Waals surface area contributed by atoms with Crippen LogP contribution in [0.25, 0.3) is 0 Å². The zero-order chi connectivity index (χ0) is 6.41. The van der Waals surface area contributed by atoms with Gasteiger partial charge in [0.05, 0.1) is 6.04 Å². The second-order valence-corrected chi connectivity index (χ2v) is 1.67. The first-order valence-electron chi connectivity index (χ1n) is 2.59. The Labute approximate surface area is 49.3 Å². The van der Waals surface area contributed by atoms with E-state index in [-0.39, 0.29) is 6.04 Å². The molecule has 0 fully saturated rings. The van der Waals surface area contributed by atoms with Gasteiger partial charge in [-0.1, -0.05) is 5.22 Å². The van der Waals surface area contributed by atoms with Gasteiger partial charge in [-0.2, -0.15) is 5.11 Å². The molecule has 0 aromatic rings. The van der Waals surface area contributed by atoms with Gasteiger partial charge in [0.15, 0.2) is 0 Å². The number of hydrogen-bond acceptors (Lipinski definition) is 3. The molecule has 0 aromatic carbocycles. The fourth-order valence-corrected chi connectivity index (χ4v) is 0.194. The molecule has 0 amide bonds. The van der Waals surface area contributed by atoms with Crippen molar-refractivity contribution in [3.63, 3.8) is 0 Å². The lowest BCUT2D eigenvalue weighted by Crippen LogP contribution is -2.20. The highest BCUT2D eigenvalue weighted by Crippen LogP contribution is 1.82. The van der Waals surface area contributed by atoms with E-state index in [4.69, 9.17) is 0 Å². The van der Waals surface area contributed by atoms with Gasteiger partial charge in [-0.3, -0.25) is 0 Å². The van der Waals surface area contributed by atoms with Gasteiger partial charge in [-0.25, -0.2) is 11.0 Å². The minimum Gasteiger partial charge on any atom is -0.225 e. The molecule has 8 heavy (non-hydrogen) atoms. The molecule has 2 N–H and O–H groups in total. The zero-order valence-corrected chi connectivity index (χ0v) is 5.47. The lowest BCUT2D eigenvalue weighted by molar-refractivity contribution is 0.566. The quantitative estimate of drug-likeness (QED) is 0.416. The van der Waals surface area contributed by atoms with Gasteiger partial charge < -0.3 is 0 Å². The summed E-state index contributed by atoms with van der Waals surface area (Å²) in [6.07, 6.45) is 0. The predicted molar refractivity (Wildman–Crippen MR) is 32.2 cm³/mol. The van der Waals surface area contributed by atoms with Crippen LogP contribution in [0, 0.1) is 0 Å². The number of nitrogens with zero attached hydrogens (tertiary/aromatic N) is 2. The van der Waals surface area contributed by atoms with E-state index >= 15 is 0 Å². The van der Waals surface area contributed by atoms with E-state index in [1.807, 2.05) is 13.8 Å². The van der Waals surface area contributed by atoms with Crippen molar-refractivity contribution >= 4 is 0 Å². The van der Waals surface area contributed by atoms with Gasteiger partial charge in [0.25, 0.3) is 0 Å². The molecule has 0 spiro atoms. The molecule has 0 aromatic heterocycles. The Balaban J connectivity index is 3.07. The molecule has 0 bridgehead atoms. The number of rotatable bonds is 3. The van der Waals surface area contributed by atoms with Crippen LogP contribution < -0.4 is 11.0 Å². The van der Waals surface area contributed by atoms with Crippen molar-refractivity contribution < 1.29 is 0 Å². The van der Waals surface area contributed by atoms with Gasteiger partial charge in [-0.05, 0) is 13.8 Å². The average Bonchev–Trinajstić information content (AvgIpc) is 1.66. The third kappa shape index (κ3) is 5.36. The Morgan fingerprint density at radius 2 is 2.00 bits per heavy atom. The van der Waals surface area contributed by atoms with Crippen molar-refractivity contribution in [3.8, 4) is 0 Å². The van der Waals surface area contributed by atoms with E-state index in [1.54, 1.807) is 7.05 Å². The van der Waals surface area contributed by atoms with Crippen LogP contribution in [0.5, 0.6) is 0 Å². The van der Waals surface area contributed by atoms with Crippen LogP contribution in [0.4, 0.5) is 0 Å². The molecule has 0 heterocycles. The molecule has 0 radical (unpaired) electrons. The summed E-state index contributed by atoms with van der Waals surface area (Å²) in [6, 6.07) is 0.260. The van der Waals surface area contributed by atoms with E-state index in [0.29, 0.717) is 0 Å². The fourth-order valence-electron chi connectivity index (χ4n) is 0.194. The third-order valence-corrected chi connectivity index (χ3v) is 0.450. The molecule has 0 aliphatic heterocycles. The summed E-state index contributed by atoms with van der Waals surface area (Å²) in [5, 5.41) is 7.32. The summed E-state index contributed by atoms with van der Waals surface area (Å²) in [7, 11) is 1.74. The molecule has 0 aliphatic carbocycles. The summed E-state index contributed by atoms with van der Waals surface area (Å²) in [6.45, 7) is 3.92. The topological polar surface area (TPSA) is 48.8 Å². The summed E-state index contributed by atoms with van der Waals surface area (Å²) in [5.41, 5.74) is 5.10. The van der Waals surface area contributed by atoms with Gasteiger partial charge in [0, 0.05) is 7.05 Å². The molecule has 0 atom stereocenters. The highest BCUT2D eigenvalue weighted by molar-refractivity contribution is 4.41. The summed E-state index contributed by atoms with van der Waals surface area (Å²) in [5.74, 6) is 0. The Morgan fingerprint density at radius 1 is 1.38 bits per heavy atom. The van der Waals surface area contributed by atoms with Crippen LogP contribution in [0.1, 0.15) is 13.8 Å². The molecular formula is C4H12N4. The van der Waals surface area contributed by atoms with Gasteiger partial charge in [0.1, 0.15) is 0 Å². The maximum atomic E-state index is 3.77. The standard InChI is InChI=1S/C4H12N4/c1-4(2)6-8-7-5-3/h4H,1-3H3,(H,5,8)(H,6,7). The van der Waals surface area contributed by atoms with Crippen LogP contribution in [0.2, 0.25) is 0 Å². The molecule has 48 valence electrons. The van der Waals surface area contributed by atoms with Crippen molar-refractivity contribution in [2.75, 3.05) is 7.05 Å². The predicted octanol–water partition coefficient (Wildman–Crippen LogP) is 0.486. The maximum Gasteiger partial charge on any atom is 0.0674 e. The Bertz CT molecular complexity index is 68.4. The first-order chi connectivity index (χ1) is 3.77. The second kappa shape index (κ2) is 4.52. The Morgan fingerprint density at radius 3 is 2.38 bits per heavy atom. The maximum absolute atomic E-state index is 3.77. The number of nitrogens with one attached hydrogen (secondary N) is 2. The van der Waals surface area contributed by atoms with E-state index in [0.717, 1.165) is 0 Å². The first-order valence-corrected chi connectivity index (χ1v) is 2.59. The van der Waals surface area contributed by atoms with Crippen molar-refractivity contribution in [1.82, 2.24) is 11.0 Å². The lowest BCUT2D eigenvalue weighted by Gasteiger charge is -1.93. The van der Waals surface area contributed by atoms with Crippen LogP contribution in [-0.4, -0.2) is 13.1 Å². The molecule has 4 heteroatoms. The smallest absolute Gasteiger partial charge is 0.0674 e. The molecular weight excluding hydrogens is 104 g/mol. The van der Waals surface area contributed by atoms with Crippen molar-refractivity contribution in [1.29, 1.82) is 0 Å². The average molecular weight is 116 g/mol. The Hall–Kier alpha value is -0.640. The zero-order valence-electron chi connectivity index (χ0n) is 5.47. The minimum atomic E-state index is 0.260. The first kappa shape index (κ1) is 7.36. The van der Waals surface area contributed by atoms with Gasteiger partial charge in [-0.15, -0.1) is 0 Å². The molecule has 0 aliphatic rings. The minimum absolute atomic E-state index is 0.260. The van der Waals surface area contributed by atoms with Crippen LogP contribution in [0.3, 0.4) is 0 Å². The van der Waals surface area contributed by atoms with E-state index in [2.05, 4.69) is 21.3 Å².